The predicted molar refractivity (Wildman–Crippen MR) is 97.4 cm³/mol. The molecule has 3 N–H and O–H groups in total. The van der Waals surface area contributed by atoms with Gasteiger partial charge in [-0.25, -0.2) is 0 Å². The van der Waals surface area contributed by atoms with E-state index in [9.17, 15) is 9.59 Å². The smallest absolute Gasteiger partial charge is 0.255 e. The van der Waals surface area contributed by atoms with Gasteiger partial charge in [0.2, 0.25) is 5.56 Å². The molecule has 0 bridgehead atoms. The molecule has 0 saturated heterocycles. The summed E-state index contributed by atoms with van der Waals surface area (Å²) in [5.41, 5.74) is 4.16. The minimum Gasteiger partial charge on any atom is -0.376 e. The lowest BCUT2D eigenvalue weighted by Gasteiger charge is -2.13. The number of nitrogens with one attached hydrogen (secondary N) is 3. The Hall–Kier alpha value is -2.90. The fourth-order valence-electron chi connectivity index (χ4n) is 2.94. The SMILES string of the molecule is O=C(Nc1cccc(-c2n[nH]c3c2COCC3)c1)c1cc(Cl)[nH]c(=O)c1. The molecule has 0 fully saturated rings. The zero-order chi connectivity index (χ0) is 18.1. The number of amides is 1. The number of halogens is 1. The van der Waals surface area contributed by atoms with Gasteiger partial charge in [0.05, 0.1) is 18.9 Å². The fraction of sp³-hybridized carbons (Fsp3) is 0.167. The molecule has 0 atom stereocenters. The van der Waals surface area contributed by atoms with E-state index in [4.69, 9.17) is 16.3 Å². The number of carbonyl (C=O) groups is 1. The minimum absolute atomic E-state index is 0.111. The first-order valence-corrected chi connectivity index (χ1v) is 8.43. The van der Waals surface area contributed by atoms with E-state index < -0.39 is 11.5 Å². The molecule has 1 aromatic carbocycles. The third-order valence-electron chi connectivity index (χ3n) is 4.16. The van der Waals surface area contributed by atoms with E-state index in [0.29, 0.717) is 18.9 Å². The lowest BCUT2D eigenvalue weighted by atomic mass is 10.0. The summed E-state index contributed by atoms with van der Waals surface area (Å²) < 4.78 is 5.52. The van der Waals surface area contributed by atoms with Crippen molar-refractivity contribution >= 4 is 23.2 Å². The monoisotopic (exact) mass is 370 g/mol. The van der Waals surface area contributed by atoms with Crippen molar-refractivity contribution in [2.45, 2.75) is 13.0 Å². The molecule has 26 heavy (non-hydrogen) atoms. The Labute approximate surface area is 153 Å². The summed E-state index contributed by atoms with van der Waals surface area (Å²) in [4.78, 5) is 26.2. The molecular formula is C18H15ClN4O3. The third kappa shape index (κ3) is 3.26. The number of benzene rings is 1. The van der Waals surface area contributed by atoms with Crippen LogP contribution in [0.2, 0.25) is 5.15 Å². The van der Waals surface area contributed by atoms with Gasteiger partial charge >= 0.3 is 0 Å². The highest BCUT2D eigenvalue weighted by Crippen LogP contribution is 2.29. The first kappa shape index (κ1) is 16.6. The fourth-order valence-corrected chi connectivity index (χ4v) is 3.15. The molecule has 0 radical (unpaired) electrons. The van der Waals surface area contributed by atoms with E-state index >= 15 is 0 Å². The van der Waals surface area contributed by atoms with E-state index in [1.54, 1.807) is 6.07 Å². The second kappa shape index (κ2) is 6.78. The van der Waals surface area contributed by atoms with Gasteiger partial charge in [0.1, 0.15) is 5.15 Å². The number of ether oxygens (including phenoxy) is 1. The third-order valence-corrected chi connectivity index (χ3v) is 4.37. The quantitative estimate of drug-likeness (QED) is 0.617. The van der Waals surface area contributed by atoms with Gasteiger partial charge in [-0.05, 0) is 18.2 Å². The number of rotatable bonds is 3. The zero-order valence-electron chi connectivity index (χ0n) is 13.6. The van der Waals surface area contributed by atoms with Crippen molar-refractivity contribution in [3.05, 3.63) is 68.7 Å². The van der Waals surface area contributed by atoms with Gasteiger partial charge in [0, 0.05) is 40.6 Å². The number of fused-ring (bicyclic) bond motifs is 1. The first-order chi connectivity index (χ1) is 12.6. The summed E-state index contributed by atoms with van der Waals surface area (Å²) in [6.45, 7) is 1.20. The summed E-state index contributed by atoms with van der Waals surface area (Å²) in [6, 6.07) is 9.96. The number of pyridine rings is 1. The van der Waals surface area contributed by atoms with Gasteiger partial charge in [-0.3, -0.25) is 14.7 Å². The Kier molecular flexibility index (Phi) is 4.32. The predicted octanol–water partition coefficient (Wildman–Crippen LogP) is 2.74. The maximum atomic E-state index is 12.4. The van der Waals surface area contributed by atoms with Crippen LogP contribution in [0.4, 0.5) is 5.69 Å². The Balaban J connectivity index is 1.61. The average molecular weight is 371 g/mol. The number of H-pyrrole nitrogens is 2. The lowest BCUT2D eigenvalue weighted by Crippen LogP contribution is -2.16. The summed E-state index contributed by atoms with van der Waals surface area (Å²) in [5.74, 6) is -0.414. The molecule has 8 heteroatoms. The number of hydrogen-bond donors (Lipinski definition) is 3. The van der Waals surface area contributed by atoms with Gasteiger partial charge in [-0.2, -0.15) is 5.10 Å². The van der Waals surface area contributed by atoms with Crippen LogP contribution in [0.3, 0.4) is 0 Å². The van der Waals surface area contributed by atoms with Crippen LogP contribution in [0.25, 0.3) is 11.3 Å². The van der Waals surface area contributed by atoms with Gasteiger partial charge in [0.15, 0.2) is 0 Å². The summed E-state index contributed by atoms with van der Waals surface area (Å²) in [5, 5.41) is 10.3. The molecule has 0 unspecified atom stereocenters. The Morgan fingerprint density at radius 2 is 2.15 bits per heavy atom. The topological polar surface area (TPSA) is 99.9 Å². The molecule has 4 rings (SSSR count). The Morgan fingerprint density at radius 3 is 3.00 bits per heavy atom. The number of hydrogen-bond acceptors (Lipinski definition) is 4. The number of nitrogens with zero attached hydrogens (tertiary/aromatic N) is 1. The molecule has 7 nitrogen and oxygen atoms in total. The molecule has 1 aliphatic rings. The molecule has 1 amide bonds. The highest BCUT2D eigenvalue weighted by molar-refractivity contribution is 6.29. The highest BCUT2D eigenvalue weighted by Gasteiger charge is 2.18. The molecule has 0 aliphatic carbocycles. The van der Waals surface area contributed by atoms with Crippen LogP contribution >= 0.6 is 11.6 Å². The molecule has 132 valence electrons. The van der Waals surface area contributed by atoms with Crippen LogP contribution in [-0.2, 0) is 17.8 Å². The zero-order valence-corrected chi connectivity index (χ0v) is 14.4. The summed E-state index contributed by atoms with van der Waals surface area (Å²) in [6.07, 6.45) is 0.808. The van der Waals surface area contributed by atoms with Crippen LogP contribution < -0.4 is 10.9 Å². The van der Waals surface area contributed by atoms with Crippen molar-refractivity contribution in [2.24, 2.45) is 0 Å². The van der Waals surface area contributed by atoms with Gasteiger partial charge in [-0.1, -0.05) is 23.7 Å². The number of aromatic amines is 2. The van der Waals surface area contributed by atoms with Crippen molar-refractivity contribution in [3.8, 4) is 11.3 Å². The van der Waals surface area contributed by atoms with Crippen LogP contribution in [0, 0.1) is 0 Å². The van der Waals surface area contributed by atoms with E-state index in [-0.39, 0.29) is 10.7 Å². The molecule has 2 aromatic heterocycles. The summed E-state index contributed by atoms with van der Waals surface area (Å²) >= 11 is 5.80. The van der Waals surface area contributed by atoms with Gasteiger partial charge < -0.3 is 15.0 Å². The largest absolute Gasteiger partial charge is 0.376 e. The Morgan fingerprint density at radius 1 is 1.27 bits per heavy atom. The molecular weight excluding hydrogens is 356 g/mol. The number of aromatic nitrogens is 3. The van der Waals surface area contributed by atoms with Crippen molar-refractivity contribution < 1.29 is 9.53 Å². The van der Waals surface area contributed by atoms with Crippen molar-refractivity contribution in [3.63, 3.8) is 0 Å². The maximum absolute atomic E-state index is 12.4. The minimum atomic E-state index is -0.431. The molecule has 0 saturated carbocycles. The number of anilines is 1. The van der Waals surface area contributed by atoms with Gasteiger partial charge in [0.25, 0.3) is 5.91 Å². The van der Waals surface area contributed by atoms with Crippen molar-refractivity contribution in [1.82, 2.24) is 15.2 Å². The Bertz CT molecular complexity index is 1040. The highest BCUT2D eigenvalue weighted by atomic mass is 35.5. The standard InChI is InChI=1S/C18H15ClN4O3/c19-15-7-11(8-16(24)21-15)18(25)20-12-3-1-2-10(6-12)17-13-9-26-5-4-14(13)22-23-17/h1-3,6-8H,4-5,9H2,(H,20,25)(H,21,24)(H,22,23). The van der Waals surface area contributed by atoms with Crippen molar-refractivity contribution in [1.29, 1.82) is 0 Å². The molecule has 0 spiro atoms. The van der Waals surface area contributed by atoms with E-state index in [1.165, 1.54) is 12.1 Å². The second-order valence-electron chi connectivity index (χ2n) is 5.95. The van der Waals surface area contributed by atoms with E-state index in [0.717, 1.165) is 28.9 Å². The number of carbonyl (C=O) groups excluding carboxylic acids is 1. The molecule has 3 aromatic rings. The van der Waals surface area contributed by atoms with Crippen molar-refractivity contribution in [2.75, 3.05) is 11.9 Å². The molecule has 3 heterocycles. The molecule has 1 aliphatic heterocycles. The van der Waals surface area contributed by atoms with Crippen LogP contribution in [0.5, 0.6) is 0 Å². The first-order valence-electron chi connectivity index (χ1n) is 8.05. The van der Waals surface area contributed by atoms with Gasteiger partial charge in [-0.15, -0.1) is 0 Å². The average Bonchev–Trinajstić information content (AvgIpc) is 3.05. The van der Waals surface area contributed by atoms with E-state index in [2.05, 4.69) is 20.5 Å². The van der Waals surface area contributed by atoms with Crippen LogP contribution in [0.1, 0.15) is 21.6 Å². The van der Waals surface area contributed by atoms with Crippen LogP contribution in [0.15, 0.2) is 41.2 Å². The maximum Gasteiger partial charge on any atom is 0.255 e. The normalized spacial score (nSPS) is 13.3. The summed E-state index contributed by atoms with van der Waals surface area (Å²) in [7, 11) is 0. The van der Waals surface area contributed by atoms with Crippen LogP contribution in [-0.4, -0.2) is 27.7 Å². The lowest BCUT2D eigenvalue weighted by molar-refractivity contribution is 0.102. The second-order valence-corrected chi connectivity index (χ2v) is 6.36. The van der Waals surface area contributed by atoms with E-state index in [1.807, 2.05) is 18.2 Å².